The lowest BCUT2D eigenvalue weighted by Gasteiger charge is -2.21. The molecule has 1 unspecified atom stereocenters. The molecule has 1 atom stereocenters. The van der Waals surface area contributed by atoms with Crippen LogP contribution in [0.25, 0.3) is 0 Å². The van der Waals surface area contributed by atoms with Gasteiger partial charge >= 0.3 is 0 Å². The van der Waals surface area contributed by atoms with Crippen molar-refractivity contribution in [2.75, 3.05) is 20.1 Å². The minimum Gasteiger partial charge on any atom is -0.330 e. The summed E-state index contributed by atoms with van der Waals surface area (Å²) < 4.78 is 13.4. The number of rotatable bonds is 7. The van der Waals surface area contributed by atoms with Crippen LogP contribution in [-0.2, 0) is 6.54 Å². The Morgan fingerprint density at radius 2 is 2.06 bits per heavy atom. The van der Waals surface area contributed by atoms with Crippen molar-refractivity contribution in [3.05, 3.63) is 35.6 Å². The number of benzene rings is 1. The maximum atomic E-state index is 13.4. The van der Waals surface area contributed by atoms with Crippen LogP contribution in [0.15, 0.2) is 24.3 Å². The summed E-state index contributed by atoms with van der Waals surface area (Å²) in [4.78, 5) is 2.17. The summed E-state index contributed by atoms with van der Waals surface area (Å²) in [5, 5.41) is 0. The molecule has 0 heterocycles. The van der Waals surface area contributed by atoms with Gasteiger partial charge in [0.1, 0.15) is 5.82 Å². The molecule has 0 saturated carbocycles. The molecule has 0 fully saturated rings. The molecule has 0 radical (unpaired) electrons. The van der Waals surface area contributed by atoms with E-state index >= 15 is 0 Å². The van der Waals surface area contributed by atoms with Crippen molar-refractivity contribution in [3.63, 3.8) is 0 Å². The third-order valence-corrected chi connectivity index (χ3v) is 2.92. The van der Waals surface area contributed by atoms with Crippen molar-refractivity contribution in [1.82, 2.24) is 4.90 Å². The molecule has 3 heteroatoms. The van der Waals surface area contributed by atoms with E-state index < -0.39 is 0 Å². The van der Waals surface area contributed by atoms with E-state index in [1.807, 2.05) is 19.2 Å². The first-order chi connectivity index (χ1) is 8.13. The monoisotopic (exact) mass is 238 g/mol. The van der Waals surface area contributed by atoms with Crippen LogP contribution in [-0.4, -0.2) is 25.0 Å². The third-order valence-electron chi connectivity index (χ3n) is 2.92. The van der Waals surface area contributed by atoms with Crippen LogP contribution in [0.4, 0.5) is 4.39 Å². The average molecular weight is 238 g/mol. The Morgan fingerprint density at radius 1 is 1.35 bits per heavy atom. The van der Waals surface area contributed by atoms with Gasteiger partial charge in [-0.2, -0.15) is 0 Å². The zero-order valence-electron chi connectivity index (χ0n) is 10.8. The highest BCUT2D eigenvalue weighted by Crippen LogP contribution is 2.12. The van der Waals surface area contributed by atoms with Crippen LogP contribution in [0, 0.1) is 11.7 Å². The summed E-state index contributed by atoms with van der Waals surface area (Å²) in [7, 11) is 2.03. The average Bonchev–Trinajstić information content (AvgIpc) is 2.29. The fourth-order valence-corrected chi connectivity index (χ4v) is 2.07. The Bertz CT molecular complexity index is 328. The summed E-state index contributed by atoms with van der Waals surface area (Å²) in [6, 6.07) is 6.96. The number of hydrogen-bond donors (Lipinski definition) is 1. The molecule has 96 valence electrons. The van der Waals surface area contributed by atoms with E-state index in [4.69, 9.17) is 5.73 Å². The lowest BCUT2D eigenvalue weighted by atomic mass is 10.0. The van der Waals surface area contributed by atoms with E-state index in [1.165, 1.54) is 6.07 Å². The second-order valence-corrected chi connectivity index (χ2v) is 4.82. The number of nitrogens with two attached hydrogens (primary N) is 1. The van der Waals surface area contributed by atoms with Crippen LogP contribution in [0.1, 0.15) is 25.3 Å². The Kier molecular flexibility index (Phi) is 6.16. The fraction of sp³-hybridized carbons (Fsp3) is 0.571. The minimum absolute atomic E-state index is 0.117. The molecule has 2 N–H and O–H groups in total. The Balaban J connectivity index is 2.39. The third kappa shape index (κ3) is 5.29. The zero-order valence-corrected chi connectivity index (χ0v) is 10.8. The first-order valence-electron chi connectivity index (χ1n) is 6.25. The van der Waals surface area contributed by atoms with Crippen LogP contribution in [0.3, 0.4) is 0 Å². The lowest BCUT2D eigenvalue weighted by Crippen LogP contribution is -2.24. The fourth-order valence-electron chi connectivity index (χ4n) is 2.07. The van der Waals surface area contributed by atoms with Gasteiger partial charge in [0, 0.05) is 18.7 Å². The number of nitrogens with zero attached hydrogens (tertiary/aromatic N) is 1. The van der Waals surface area contributed by atoms with Crippen LogP contribution in [0.2, 0.25) is 0 Å². The normalized spacial score (nSPS) is 13.0. The van der Waals surface area contributed by atoms with E-state index in [0.717, 1.165) is 31.5 Å². The van der Waals surface area contributed by atoms with Crippen molar-refractivity contribution in [1.29, 1.82) is 0 Å². The molecule has 0 aliphatic heterocycles. The zero-order chi connectivity index (χ0) is 12.7. The molecule has 0 spiro atoms. The minimum atomic E-state index is -0.117. The van der Waals surface area contributed by atoms with Gasteiger partial charge in [-0.1, -0.05) is 25.1 Å². The van der Waals surface area contributed by atoms with Crippen LogP contribution < -0.4 is 5.73 Å². The molecular weight excluding hydrogens is 215 g/mol. The SMILES string of the molecule is CC(CCCN)CN(C)Cc1ccccc1F. The Hall–Kier alpha value is -0.930. The summed E-state index contributed by atoms with van der Waals surface area (Å²) in [6.45, 7) is 4.61. The van der Waals surface area contributed by atoms with Gasteiger partial charge in [-0.3, -0.25) is 0 Å². The van der Waals surface area contributed by atoms with Crippen molar-refractivity contribution in [2.45, 2.75) is 26.3 Å². The van der Waals surface area contributed by atoms with E-state index in [2.05, 4.69) is 11.8 Å². The van der Waals surface area contributed by atoms with Crippen molar-refractivity contribution in [2.24, 2.45) is 11.7 Å². The highest BCUT2D eigenvalue weighted by molar-refractivity contribution is 5.16. The molecule has 1 aromatic rings. The molecule has 0 saturated heterocycles. The van der Waals surface area contributed by atoms with Gasteiger partial charge in [-0.15, -0.1) is 0 Å². The predicted molar refractivity (Wildman–Crippen MR) is 70.2 cm³/mol. The van der Waals surface area contributed by atoms with Gasteiger partial charge in [0.05, 0.1) is 0 Å². The molecule has 0 aromatic heterocycles. The van der Waals surface area contributed by atoms with E-state index in [1.54, 1.807) is 6.07 Å². The predicted octanol–water partition coefficient (Wildman–Crippen LogP) is 2.63. The van der Waals surface area contributed by atoms with Gasteiger partial charge < -0.3 is 10.6 Å². The first-order valence-corrected chi connectivity index (χ1v) is 6.25. The van der Waals surface area contributed by atoms with E-state index in [0.29, 0.717) is 12.5 Å². The van der Waals surface area contributed by atoms with E-state index in [-0.39, 0.29) is 5.82 Å². The maximum Gasteiger partial charge on any atom is 0.127 e. The molecule has 1 rings (SSSR count). The second-order valence-electron chi connectivity index (χ2n) is 4.82. The van der Waals surface area contributed by atoms with E-state index in [9.17, 15) is 4.39 Å². The Labute approximate surface area is 104 Å². The molecule has 0 amide bonds. The molecule has 17 heavy (non-hydrogen) atoms. The van der Waals surface area contributed by atoms with Gasteiger partial charge in [-0.25, -0.2) is 4.39 Å². The summed E-state index contributed by atoms with van der Waals surface area (Å²) in [5.74, 6) is 0.490. The van der Waals surface area contributed by atoms with Gasteiger partial charge in [0.15, 0.2) is 0 Å². The van der Waals surface area contributed by atoms with Gasteiger partial charge in [0.25, 0.3) is 0 Å². The highest BCUT2D eigenvalue weighted by Gasteiger charge is 2.08. The van der Waals surface area contributed by atoms with Crippen molar-refractivity contribution < 1.29 is 4.39 Å². The molecular formula is C14H23FN2. The molecule has 0 aliphatic carbocycles. The van der Waals surface area contributed by atoms with Crippen molar-refractivity contribution in [3.8, 4) is 0 Å². The largest absolute Gasteiger partial charge is 0.330 e. The quantitative estimate of drug-likeness (QED) is 0.791. The number of halogens is 1. The van der Waals surface area contributed by atoms with Gasteiger partial charge in [-0.05, 0) is 38.4 Å². The first kappa shape index (κ1) is 14.1. The summed E-state index contributed by atoms with van der Waals surface area (Å²) >= 11 is 0. The topological polar surface area (TPSA) is 29.3 Å². The maximum absolute atomic E-state index is 13.4. The smallest absolute Gasteiger partial charge is 0.127 e. The van der Waals surface area contributed by atoms with Crippen LogP contribution >= 0.6 is 0 Å². The molecule has 0 bridgehead atoms. The summed E-state index contributed by atoms with van der Waals surface area (Å²) in [6.07, 6.45) is 2.20. The highest BCUT2D eigenvalue weighted by atomic mass is 19.1. The Morgan fingerprint density at radius 3 is 2.71 bits per heavy atom. The second kappa shape index (κ2) is 7.41. The van der Waals surface area contributed by atoms with Gasteiger partial charge in [0.2, 0.25) is 0 Å². The van der Waals surface area contributed by atoms with Crippen LogP contribution in [0.5, 0.6) is 0 Å². The summed E-state index contributed by atoms with van der Waals surface area (Å²) in [5.41, 5.74) is 6.25. The molecule has 2 nitrogen and oxygen atoms in total. The molecule has 1 aromatic carbocycles. The molecule has 0 aliphatic rings. The number of hydrogen-bond acceptors (Lipinski definition) is 2. The van der Waals surface area contributed by atoms with Crippen molar-refractivity contribution >= 4 is 0 Å². The lowest BCUT2D eigenvalue weighted by molar-refractivity contribution is 0.266. The standard InChI is InChI=1S/C14H23FN2/c1-12(6-5-9-16)10-17(2)11-13-7-3-4-8-14(13)15/h3-4,7-8,12H,5-6,9-11,16H2,1-2H3.